The number of nitrogens with one attached hydrogen (secondary N) is 2. The van der Waals surface area contributed by atoms with Crippen LogP contribution in [-0.2, 0) is 16.1 Å². The fourth-order valence-corrected chi connectivity index (χ4v) is 1.98. The molecular weight excluding hydrogens is 333 g/mol. The Bertz CT molecular complexity index is 825. The molecule has 130 valence electrons. The first-order valence-electron chi connectivity index (χ1n) is 7.07. The molecule has 0 aliphatic rings. The molecule has 8 nitrogen and oxygen atoms in total. The summed E-state index contributed by atoms with van der Waals surface area (Å²) in [6, 6.07) is 9.37. The summed E-state index contributed by atoms with van der Waals surface area (Å²) in [5.74, 6) is -2.43. The standard InChI is InChI=1S/C16H14FN3O5/c1-25-14-7-6-11(20(23)24)8-13(14)19-16(22)15(21)18-9-10-4-2-3-5-12(10)17/h2-8H,9H2,1H3,(H,18,21)(H,19,22). The van der Waals surface area contributed by atoms with Crippen molar-refractivity contribution in [1.29, 1.82) is 0 Å². The molecule has 0 saturated heterocycles. The number of hydrogen-bond acceptors (Lipinski definition) is 5. The van der Waals surface area contributed by atoms with Crippen LogP contribution in [0.4, 0.5) is 15.8 Å². The van der Waals surface area contributed by atoms with E-state index in [9.17, 15) is 24.1 Å². The predicted octanol–water partition coefficient (Wildman–Crippen LogP) is 2.00. The van der Waals surface area contributed by atoms with Crippen LogP contribution >= 0.6 is 0 Å². The van der Waals surface area contributed by atoms with E-state index in [1.807, 2.05) is 0 Å². The maximum absolute atomic E-state index is 13.5. The number of non-ortho nitro benzene ring substituents is 1. The summed E-state index contributed by atoms with van der Waals surface area (Å²) in [5.41, 5.74) is -0.0813. The Kier molecular flexibility index (Phi) is 5.62. The van der Waals surface area contributed by atoms with E-state index in [0.29, 0.717) is 0 Å². The number of methoxy groups -OCH3 is 1. The molecular formula is C16H14FN3O5. The first kappa shape index (κ1) is 17.9. The minimum absolute atomic E-state index is 0.0252. The number of nitrogens with zero attached hydrogens (tertiary/aromatic N) is 1. The van der Waals surface area contributed by atoms with E-state index in [-0.39, 0.29) is 29.2 Å². The molecule has 0 spiro atoms. The molecule has 0 aliphatic heterocycles. The molecule has 2 aromatic carbocycles. The monoisotopic (exact) mass is 347 g/mol. The number of amides is 2. The van der Waals surface area contributed by atoms with Gasteiger partial charge < -0.3 is 15.4 Å². The van der Waals surface area contributed by atoms with Gasteiger partial charge in [0.25, 0.3) is 5.69 Å². The fourth-order valence-electron chi connectivity index (χ4n) is 1.98. The summed E-state index contributed by atoms with van der Waals surface area (Å²) >= 11 is 0. The van der Waals surface area contributed by atoms with E-state index < -0.39 is 22.6 Å². The van der Waals surface area contributed by atoms with Crippen molar-refractivity contribution in [1.82, 2.24) is 5.32 Å². The number of benzene rings is 2. The highest BCUT2D eigenvalue weighted by atomic mass is 19.1. The molecule has 0 aromatic heterocycles. The molecule has 0 aliphatic carbocycles. The topological polar surface area (TPSA) is 111 Å². The van der Waals surface area contributed by atoms with Gasteiger partial charge >= 0.3 is 11.8 Å². The molecule has 2 rings (SSSR count). The third-order valence-corrected chi connectivity index (χ3v) is 3.25. The molecule has 0 fully saturated rings. The summed E-state index contributed by atoms with van der Waals surface area (Å²) in [6.07, 6.45) is 0. The average Bonchev–Trinajstić information content (AvgIpc) is 2.60. The molecule has 0 saturated carbocycles. The van der Waals surface area contributed by atoms with Gasteiger partial charge in [0.05, 0.1) is 17.7 Å². The SMILES string of the molecule is COc1ccc([N+](=O)[O-])cc1NC(=O)C(=O)NCc1ccccc1F. The maximum atomic E-state index is 13.5. The highest BCUT2D eigenvalue weighted by molar-refractivity contribution is 6.39. The summed E-state index contributed by atoms with van der Waals surface area (Å²) in [6.45, 7) is -0.176. The Morgan fingerprint density at radius 1 is 1.20 bits per heavy atom. The minimum atomic E-state index is -1.06. The Balaban J connectivity index is 2.06. The van der Waals surface area contributed by atoms with Crippen molar-refractivity contribution in [2.45, 2.75) is 6.54 Å². The van der Waals surface area contributed by atoms with Crippen LogP contribution in [0.2, 0.25) is 0 Å². The van der Waals surface area contributed by atoms with Crippen LogP contribution < -0.4 is 15.4 Å². The van der Waals surface area contributed by atoms with Crippen LogP contribution in [0.15, 0.2) is 42.5 Å². The molecule has 2 amide bonds. The van der Waals surface area contributed by atoms with Gasteiger partial charge in [-0.3, -0.25) is 19.7 Å². The van der Waals surface area contributed by atoms with Crippen LogP contribution in [0.5, 0.6) is 5.75 Å². The maximum Gasteiger partial charge on any atom is 0.313 e. The van der Waals surface area contributed by atoms with Gasteiger partial charge in [0, 0.05) is 24.2 Å². The Hall–Kier alpha value is -3.49. The normalized spacial score (nSPS) is 10.0. The quantitative estimate of drug-likeness (QED) is 0.488. The molecule has 0 bridgehead atoms. The van der Waals surface area contributed by atoms with Crippen molar-refractivity contribution < 1.29 is 23.6 Å². The van der Waals surface area contributed by atoms with Gasteiger partial charge in [-0.25, -0.2) is 4.39 Å². The molecule has 9 heteroatoms. The molecule has 2 aromatic rings. The third-order valence-electron chi connectivity index (χ3n) is 3.25. The number of ether oxygens (including phenoxy) is 1. The van der Waals surface area contributed by atoms with Crippen LogP contribution in [0.1, 0.15) is 5.56 Å². The van der Waals surface area contributed by atoms with Crippen molar-refractivity contribution in [3.8, 4) is 5.75 Å². The molecule has 25 heavy (non-hydrogen) atoms. The van der Waals surface area contributed by atoms with Gasteiger partial charge in [0.2, 0.25) is 0 Å². The van der Waals surface area contributed by atoms with Gasteiger partial charge in [-0.2, -0.15) is 0 Å². The van der Waals surface area contributed by atoms with E-state index in [4.69, 9.17) is 4.74 Å². The van der Waals surface area contributed by atoms with Crippen molar-refractivity contribution >= 4 is 23.2 Å². The van der Waals surface area contributed by atoms with E-state index in [1.54, 1.807) is 6.07 Å². The first-order chi connectivity index (χ1) is 11.9. The Morgan fingerprint density at radius 2 is 1.92 bits per heavy atom. The molecule has 0 atom stereocenters. The summed E-state index contributed by atoms with van der Waals surface area (Å²) in [4.78, 5) is 33.9. The van der Waals surface area contributed by atoms with Gasteiger partial charge in [0.1, 0.15) is 11.6 Å². The zero-order valence-corrected chi connectivity index (χ0v) is 13.1. The zero-order valence-electron chi connectivity index (χ0n) is 13.1. The highest BCUT2D eigenvalue weighted by Gasteiger charge is 2.18. The number of anilines is 1. The Morgan fingerprint density at radius 3 is 2.56 bits per heavy atom. The van der Waals surface area contributed by atoms with E-state index >= 15 is 0 Å². The third kappa shape index (κ3) is 4.50. The molecule has 0 heterocycles. The lowest BCUT2D eigenvalue weighted by molar-refractivity contribution is -0.384. The Labute approximate surface area is 141 Å². The van der Waals surface area contributed by atoms with Crippen molar-refractivity contribution in [3.63, 3.8) is 0 Å². The summed E-state index contributed by atoms with van der Waals surface area (Å²) in [5, 5.41) is 15.3. The molecule has 0 unspecified atom stereocenters. The lowest BCUT2D eigenvalue weighted by atomic mass is 10.2. The number of nitro groups is 1. The zero-order chi connectivity index (χ0) is 18.4. The first-order valence-corrected chi connectivity index (χ1v) is 7.07. The number of carbonyl (C=O) groups excluding carboxylic acids is 2. The number of nitro benzene ring substituents is 1. The largest absolute Gasteiger partial charge is 0.495 e. The van der Waals surface area contributed by atoms with Gasteiger partial charge in [-0.1, -0.05) is 18.2 Å². The van der Waals surface area contributed by atoms with Crippen molar-refractivity contribution in [2.75, 3.05) is 12.4 Å². The summed E-state index contributed by atoms with van der Waals surface area (Å²) < 4.78 is 18.5. The van der Waals surface area contributed by atoms with Gasteiger partial charge in [-0.05, 0) is 12.1 Å². The number of carbonyl (C=O) groups is 2. The van der Waals surface area contributed by atoms with Crippen LogP contribution in [0.25, 0.3) is 0 Å². The van der Waals surface area contributed by atoms with E-state index in [0.717, 1.165) is 6.07 Å². The minimum Gasteiger partial charge on any atom is -0.495 e. The second-order valence-corrected chi connectivity index (χ2v) is 4.87. The van der Waals surface area contributed by atoms with Gasteiger partial charge in [0.15, 0.2) is 0 Å². The second-order valence-electron chi connectivity index (χ2n) is 4.87. The molecule has 2 N–H and O–H groups in total. The smallest absolute Gasteiger partial charge is 0.313 e. The van der Waals surface area contributed by atoms with Crippen molar-refractivity contribution in [3.05, 3.63) is 64.0 Å². The average molecular weight is 347 g/mol. The fraction of sp³-hybridized carbons (Fsp3) is 0.125. The highest BCUT2D eigenvalue weighted by Crippen LogP contribution is 2.28. The van der Waals surface area contributed by atoms with Gasteiger partial charge in [-0.15, -0.1) is 0 Å². The number of halogens is 1. The van der Waals surface area contributed by atoms with Crippen molar-refractivity contribution in [2.24, 2.45) is 0 Å². The number of rotatable bonds is 5. The van der Waals surface area contributed by atoms with Crippen LogP contribution in [0.3, 0.4) is 0 Å². The summed E-state index contributed by atoms with van der Waals surface area (Å²) in [7, 11) is 1.31. The van der Waals surface area contributed by atoms with Crippen LogP contribution in [0, 0.1) is 15.9 Å². The second kappa shape index (κ2) is 7.86. The van der Waals surface area contributed by atoms with Crippen LogP contribution in [-0.4, -0.2) is 23.8 Å². The predicted molar refractivity (Wildman–Crippen MR) is 86.5 cm³/mol. The van der Waals surface area contributed by atoms with E-state index in [2.05, 4.69) is 10.6 Å². The lowest BCUT2D eigenvalue weighted by Crippen LogP contribution is -2.35. The molecule has 0 radical (unpaired) electrons. The lowest BCUT2D eigenvalue weighted by Gasteiger charge is -2.10. The van der Waals surface area contributed by atoms with E-state index in [1.165, 1.54) is 37.4 Å². The number of hydrogen-bond donors (Lipinski definition) is 2.